The lowest BCUT2D eigenvalue weighted by atomic mass is 9.87. The lowest BCUT2D eigenvalue weighted by Gasteiger charge is -2.31. The maximum Gasteiger partial charge on any atom is 0.234 e. The highest BCUT2D eigenvalue weighted by Crippen LogP contribution is 2.49. The van der Waals surface area contributed by atoms with Gasteiger partial charge in [-0.2, -0.15) is 0 Å². The summed E-state index contributed by atoms with van der Waals surface area (Å²) in [6.07, 6.45) is 1.74. The lowest BCUT2D eigenvalue weighted by Crippen LogP contribution is -2.31. The summed E-state index contributed by atoms with van der Waals surface area (Å²) >= 11 is 0. The van der Waals surface area contributed by atoms with Crippen molar-refractivity contribution < 1.29 is 4.57 Å². The van der Waals surface area contributed by atoms with Gasteiger partial charge in [-0.25, -0.2) is 4.99 Å². The molecule has 0 amide bonds. The van der Waals surface area contributed by atoms with Crippen LogP contribution in [0.3, 0.4) is 0 Å². The molecule has 0 aliphatic carbocycles. The number of anilines is 1. The van der Waals surface area contributed by atoms with E-state index in [-0.39, 0.29) is 10.8 Å². The molecule has 0 atom stereocenters. The van der Waals surface area contributed by atoms with Gasteiger partial charge >= 0.3 is 0 Å². The van der Waals surface area contributed by atoms with Crippen LogP contribution in [0.15, 0.2) is 114 Å². The molecule has 0 heterocycles. The second-order valence-electron chi connectivity index (χ2n) is 11.4. The minimum Gasteiger partial charge on any atom is -0.289 e. The third kappa shape index (κ3) is 5.95. The van der Waals surface area contributed by atoms with Crippen LogP contribution in [0.1, 0.15) is 52.7 Å². The molecule has 190 valence electrons. The van der Waals surface area contributed by atoms with E-state index < -0.39 is 7.29 Å². The summed E-state index contributed by atoms with van der Waals surface area (Å²) in [7, 11) is -3.30. The maximum atomic E-state index is 15.2. The third-order valence-corrected chi connectivity index (χ3v) is 9.50. The van der Waals surface area contributed by atoms with Crippen LogP contribution in [-0.4, -0.2) is 6.34 Å². The monoisotopic (exact) mass is 508 g/mol. The van der Waals surface area contributed by atoms with Crippen LogP contribution in [0, 0.1) is 0 Å². The molecule has 0 bridgehead atoms. The molecule has 0 fully saturated rings. The van der Waals surface area contributed by atoms with Gasteiger partial charge in [0.15, 0.2) is 0 Å². The van der Waals surface area contributed by atoms with Gasteiger partial charge < -0.3 is 0 Å². The van der Waals surface area contributed by atoms with Gasteiger partial charge in [-0.05, 0) is 70.5 Å². The highest BCUT2D eigenvalue weighted by molar-refractivity contribution is 7.80. The molecule has 0 N–H and O–H groups in total. The van der Waals surface area contributed by atoms with E-state index in [0.29, 0.717) is 0 Å². The number of hydrogen-bond donors (Lipinski definition) is 0. The van der Waals surface area contributed by atoms with E-state index in [1.807, 2.05) is 89.6 Å². The topological polar surface area (TPSA) is 32.7 Å². The van der Waals surface area contributed by atoms with Crippen molar-refractivity contribution in [1.82, 2.24) is 0 Å². The lowest BCUT2D eigenvalue weighted by molar-refractivity contribution is 0.587. The van der Waals surface area contributed by atoms with E-state index in [1.165, 1.54) is 11.1 Å². The Morgan fingerprint density at radius 2 is 1.00 bits per heavy atom. The Bertz CT molecular complexity index is 1340. The molecule has 0 aliphatic heterocycles. The Morgan fingerprint density at radius 1 is 0.595 bits per heavy atom. The van der Waals surface area contributed by atoms with E-state index in [4.69, 9.17) is 4.99 Å². The SMILES string of the molecule is CC(C)(C)c1ccc(N=CN(c2ccc(C(C)(C)C)cc2)P(=O)(c2ccccc2)c2ccccc2)cc1. The van der Waals surface area contributed by atoms with Crippen molar-refractivity contribution in [2.75, 3.05) is 4.67 Å². The van der Waals surface area contributed by atoms with Crippen molar-refractivity contribution in [2.45, 2.75) is 52.4 Å². The summed E-state index contributed by atoms with van der Waals surface area (Å²) in [5.41, 5.74) is 4.21. The molecule has 4 heteroatoms. The highest BCUT2D eigenvalue weighted by Gasteiger charge is 2.34. The molecular formula is C33H37N2OP. The molecular weight excluding hydrogens is 471 g/mol. The van der Waals surface area contributed by atoms with Gasteiger partial charge in [0.2, 0.25) is 7.29 Å². The molecule has 3 nitrogen and oxygen atoms in total. The summed E-state index contributed by atoms with van der Waals surface area (Å²) in [5.74, 6) is 0. The standard InChI is InChI=1S/C33H37N2OP/c1-32(2,3)26-17-21-28(22-18-26)34-25-35(29-23-19-27(20-24-29)33(4,5)6)37(36,30-13-9-7-10-14-30)31-15-11-8-12-16-31/h7-25H,1-6H3. The van der Waals surface area contributed by atoms with Crippen molar-refractivity contribution in [2.24, 2.45) is 4.99 Å². The molecule has 0 saturated carbocycles. The molecule has 4 aromatic rings. The van der Waals surface area contributed by atoms with Crippen LogP contribution < -0.4 is 15.3 Å². The van der Waals surface area contributed by atoms with Gasteiger partial charge in [0.05, 0.1) is 5.69 Å². The van der Waals surface area contributed by atoms with Crippen LogP contribution in [0.5, 0.6) is 0 Å². The zero-order chi connectivity index (χ0) is 26.7. The van der Waals surface area contributed by atoms with Crippen molar-refractivity contribution in [3.05, 3.63) is 120 Å². The van der Waals surface area contributed by atoms with E-state index >= 15 is 4.57 Å². The van der Waals surface area contributed by atoms with Crippen molar-refractivity contribution >= 4 is 35.6 Å². The number of hydrogen-bond acceptors (Lipinski definition) is 2. The summed E-state index contributed by atoms with van der Waals surface area (Å²) in [5, 5.41) is 1.52. The second-order valence-corrected chi connectivity index (χ2v) is 14.0. The molecule has 0 saturated heterocycles. The molecule has 4 aromatic carbocycles. The molecule has 37 heavy (non-hydrogen) atoms. The Labute approximate surface area is 222 Å². The van der Waals surface area contributed by atoms with Crippen LogP contribution in [0.4, 0.5) is 11.4 Å². The van der Waals surface area contributed by atoms with Crippen molar-refractivity contribution in [1.29, 1.82) is 0 Å². The average molecular weight is 509 g/mol. The van der Waals surface area contributed by atoms with Gasteiger partial charge in [0.1, 0.15) is 6.34 Å². The van der Waals surface area contributed by atoms with Crippen molar-refractivity contribution in [3.63, 3.8) is 0 Å². The minimum atomic E-state index is -3.30. The normalized spacial score (nSPS) is 12.6. The first kappa shape index (κ1) is 26.6. The fourth-order valence-corrected chi connectivity index (χ4v) is 6.85. The largest absolute Gasteiger partial charge is 0.289 e. The van der Waals surface area contributed by atoms with Crippen LogP contribution >= 0.6 is 7.29 Å². The summed E-state index contributed by atoms with van der Waals surface area (Å²) < 4.78 is 17.1. The Hall–Kier alpha value is -3.42. The van der Waals surface area contributed by atoms with E-state index in [2.05, 4.69) is 65.8 Å². The van der Waals surface area contributed by atoms with Gasteiger partial charge in [0, 0.05) is 16.3 Å². The van der Waals surface area contributed by atoms with Crippen LogP contribution in [0.2, 0.25) is 0 Å². The minimum absolute atomic E-state index is 0.0226. The van der Waals surface area contributed by atoms with Gasteiger partial charge in [-0.15, -0.1) is 0 Å². The molecule has 0 aliphatic rings. The first-order valence-electron chi connectivity index (χ1n) is 12.8. The average Bonchev–Trinajstić information content (AvgIpc) is 2.89. The summed E-state index contributed by atoms with van der Waals surface area (Å²) in [6, 6.07) is 36.0. The zero-order valence-corrected chi connectivity index (χ0v) is 23.6. The predicted molar refractivity (Wildman–Crippen MR) is 161 cm³/mol. The summed E-state index contributed by atoms with van der Waals surface area (Å²) in [4.78, 5) is 4.82. The molecule has 4 rings (SSSR count). The first-order valence-corrected chi connectivity index (χ1v) is 14.4. The van der Waals surface area contributed by atoms with E-state index in [0.717, 1.165) is 22.0 Å². The Morgan fingerprint density at radius 3 is 1.41 bits per heavy atom. The third-order valence-electron chi connectivity index (χ3n) is 6.56. The fourth-order valence-electron chi connectivity index (χ4n) is 4.24. The molecule has 0 unspecified atom stereocenters. The first-order chi connectivity index (χ1) is 17.5. The van der Waals surface area contributed by atoms with Crippen LogP contribution in [-0.2, 0) is 15.4 Å². The number of nitrogens with zero attached hydrogens (tertiary/aromatic N) is 2. The smallest absolute Gasteiger partial charge is 0.234 e. The second kappa shape index (κ2) is 10.5. The number of benzene rings is 4. The number of aliphatic imine (C=N–C) groups is 1. The number of rotatable bonds is 6. The van der Waals surface area contributed by atoms with Gasteiger partial charge in [0.25, 0.3) is 0 Å². The Balaban J connectivity index is 1.87. The molecule has 0 aromatic heterocycles. The van der Waals surface area contributed by atoms with Gasteiger partial charge in [-0.1, -0.05) is 102 Å². The quantitative estimate of drug-likeness (QED) is 0.149. The highest BCUT2D eigenvalue weighted by atomic mass is 31.2. The fraction of sp³-hybridized carbons (Fsp3) is 0.242. The molecule has 0 radical (unpaired) electrons. The molecule has 0 spiro atoms. The maximum absolute atomic E-state index is 15.2. The van der Waals surface area contributed by atoms with E-state index in [9.17, 15) is 0 Å². The summed E-state index contributed by atoms with van der Waals surface area (Å²) in [6.45, 7) is 13.2. The van der Waals surface area contributed by atoms with E-state index in [1.54, 1.807) is 6.34 Å². The Kier molecular flexibility index (Phi) is 7.57. The van der Waals surface area contributed by atoms with Crippen LogP contribution in [0.25, 0.3) is 0 Å². The van der Waals surface area contributed by atoms with Crippen molar-refractivity contribution in [3.8, 4) is 0 Å². The zero-order valence-electron chi connectivity index (χ0n) is 22.7. The van der Waals surface area contributed by atoms with Gasteiger partial charge in [-0.3, -0.25) is 9.24 Å². The predicted octanol–water partition coefficient (Wildman–Crippen LogP) is 8.38.